The molecule has 1 fully saturated rings. The van der Waals surface area contributed by atoms with Crippen molar-refractivity contribution in [1.82, 2.24) is 4.98 Å². The molecule has 0 aliphatic carbocycles. The van der Waals surface area contributed by atoms with Crippen LogP contribution in [-0.2, 0) is 4.74 Å². The molecule has 0 amide bonds. The van der Waals surface area contributed by atoms with Gasteiger partial charge in [-0.05, 0) is 12.5 Å². The average molecular weight is 269 g/mol. The van der Waals surface area contributed by atoms with Crippen molar-refractivity contribution in [3.63, 3.8) is 0 Å². The number of nitriles is 1. The molecule has 0 bridgehead atoms. The zero-order valence-electron chi connectivity index (χ0n) is 11.6. The third kappa shape index (κ3) is 2.15. The number of hydrogen-bond acceptors (Lipinski definition) is 5. The van der Waals surface area contributed by atoms with E-state index in [-0.39, 0.29) is 12.2 Å². The highest BCUT2D eigenvalue weighted by molar-refractivity contribution is 5.47. The van der Waals surface area contributed by atoms with Crippen LogP contribution in [0.1, 0.15) is 34.9 Å². The SMILES string of the molecule is Cc1ccc(C2OC2c2nc(C#N)c(N(C)C)o2)cc1. The summed E-state index contributed by atoms with van der Waals surface area (Å²) in [4.78, 5) is 5.95. The molecule has 102 valence electrons. The molecule has 1 aromatic carbocycles. The van der Waals surface area contributed by atoms with E-state index < -0.39 is 0 Å². The second-order valence-electron chi connectivity index (χ2n) is 5.10. The first-order valence-corrected chi connectivity index (χ1v) is 6.40. The number of aromatic nitrogens is 1. The Labute approximate surface area is 117 Å². The predicted molar refractivity (Wildman–Crippen MR) is 73.3 cm³/mol. The highest BCUT2D eigenvalue weighted by Gasteiger charge is 2.45. The zero-order valence-corrected chi connectivity index (χ0v) is 11.6. The fraction of sp³-hybridized carbons (Fsp3) is 0.333. The predicted octanol–water partition coefficient (Wildman–Crippen LogP) is 2.73. The van der Waals surface area contributed by atoms with Crippen molar-refractivity contribution in [3.05, 3.63) is 47.0 Å². The number of oxazole rings is 1. The minimum atomic E-state index is -0.196. The summed E-state index contributed by atoms with van der Waals surface area (Å²) < 4.78 is 11.3. The van der Waals surface area contributed by atoms with Crippen LogP contribution in [0.3, 0.4) is 0 Å². The standard InChI is InChI=1S/C15H15N3O2/c1-9-4-6-10(7-5-9)12-13(19-12)14-17-11(8-16)15(20-14)18(2)3/h4-7,12-13H,1-3H3. The summed E-state index contributed by atoms with van der Waals surface area (Å²) in [7, 11) is 3.63. The molecule has 1 saturated heterocycles. The molecule has 2 unspecified atom stereocenters. The summed E-state index contributed by atoms with van der Waals surface area (Å²) in [6.07, 6.45) is -0.227. The quantitative estimate of drug-likeness (QED) is 0.801. The van der Waals surface area contributed by atoms with Crippen LogP contribution in [0.25, 0.3) is 0 Å². The molecule has 0 N–H and O–H groups in total. The Kier molecular flexibility index (Phi) is 2.96. The van der Waals surface area contributed by atoms with Crippen LogP contribution in [0.4, 0.5) is 5.88 Å². The van der Waals surface area contributed by atoms with E-state index in [9.17, 15) is 0 Å². The largest absolute Gasteiger partial charge is 0.421 e. The molecule has 2 atom stereocenters. The van der Waals surface area contributed by atoms with Crippen molar-refractivity contribution < 1.29 is 9.15 Å². The Morgan fingerprint density at radius 1 is 1.20 bits per heavy atom. The minimum absolute atomic E-state index is 0.0317. The van der Waals surface area contributed by atoms with E-state index in [1.165, 1.54) is 5.56 Å². The molecule has 3 rings (SSSR count). The summed E-state index contributed by atoms with van der Waals surface area (Å²) in [5.41, 5.74) is 2.61. The average Bonchev–Trinajstić information content (AvgIpc) is 3.10. The number of ether oxygens (including phenoxy) is 1. The zero-order chi connectivity index (χ0) is 14.3. The molecule has 2 aromatic rings. The van der Waals surface area contributed by atoms with Crippen LogP contribution in [0.5, 0.6) is 0 Å². The summed E-state index contributed by atoms with van der Waals surface area (Å²) in [6, 6.07) is 10.2. The van der Waals surface area contributed by atoms with Gasteiger partial charge in [0, 0.05) is 14.1 Å². The Morgan fingerprint density at radius 2 is 1.90 bits per heavy atom. The van der Waals surface area contributed by atoms with Crippen molar-refractivity contribution in [2.45, 2.75) is 19.1 Å². The topological polar surface area (TPSA) is 65.6 Å². The molecule has 2 heterocycles. The van der Waals surface area contributed by atoms with Gasteiger partial charge in [-0.15, -0.1) is 0 Å². The lowest BCUT2D eigenvalue weighted by Gasteiger charge is -2.05. The smallest absolute Gasteiger partial charge is 0.234 e. The van der Waals surface area contributed by atoms with Gasteiger partial charge in [0.2, 0.25) is 17.5 Å². The van der Waals surface area contributed by atoms with Gasteiger partial charge in [0.1, 0.15) is 12.2 Å². The number of benzene rings is 1. The summed E-state index contributed by atoms with van der Waals surface area (Å²) in [5.74, 6) is 0.941. The lowest BCUT2D eigenvalue weighted by atomic mass is 10.1. The van der Waals surface area contributed by atoms with Crippen LogP contribution in [-0.4, -0.2) is 19.1 Å². The van der Waals surface area contributed by atoms with E-state index in [1.807, 2.05) is 39.2 Å². The molecule has 1 aliphatic rings. The molecular weight excluding hydrogens is 254 g/mol. The van der Waals surface area contributed by atoms with Gasteiger partial charge in [0.05, 0.1) is 0 Å². The highest BCUT2D eigenvalue weighted by atomic mass is 16.6. The number of epoxide rings is 1. The van der Waals surface area contributed by atoms with Crippen molar-refractivity contribution >= 4 is 5.88 Å². The van der Waals surface area contributed by atoms with Crippen LogP contribution in [0.2, 0.25) is 0 Å². The van der Waals surface area contributed by atoms with Crippen molar-refractivity contribution in [1.29, 1.82) is 5.26 Å². The van der Waals surface area contributed by atoms with Crippen molar-refractivity contribution in [2.75, 3.05) is 19.0 Å². The molecule has 0 spiro atoms. The molecule has 5 nitrogen and oxygen atoms in total. The maximum atomic E-state index is 9.06. The number of aryl methyl sites for hydroxylation is 1. The van der Waals surface area contributed by atoms with E-state index in [2.05, 4.69) is 17.1 Å². The Balaban J connectivity index is 1.83. The lowest BCUT2D eigenvalue weighted by molar-refractivity contribution is 0.344. The number of anilines is 1. The second kappa shape index (κ2) is 4.66. The van der Waals surface area contributed by atoms with Crippen LogP contribution in [0, 0.1) is 18.3 Å². The second-order valence-corrected chi connectivity index (χ2v) is 5.10. The summed E-state index contributed by atoms with van der Waals surface area (Å²) in [6.45, 7) is 2.05. The van der Waals surface area contributed by atoms with E-state index in [0.717, 1.165) is 5.56 Å². The van der Waals surface area contributed by atoms with Gasteiger partial charge in [-0.1, -0.05) is 29.8 Å². The summed E-state index contributed by atoms with van der Waals surface area (Å²) >= 11 is 0. The van der Waals surface area contributed by atoms with Gasteiger partial charge in [-0.2, -0.15) is 10.2 Å². The number of rotatable bonds is 3. The van der Waals surface area contributed by atoms with Crippen molar-refractivity contribution in [3.8, 4) is 6.07 Å². The Hall–Kier alpha value is -2.32. The monoisotopic (exact) mass is 269 g/mol. The highest BCUT2D eigenvalue weighted by Crippen LogP contribution is 2.51. The first-order valence-electron chi connectivity index (χ1n) is 6.40. The first-order chi connectivity index (χ1) is 9.60. The first kappa shape index (κ1) is 12.7. The molecule has 5 heteroatoms. The fourth-order valence-electron chi connectivity index (χ4n) is 2.14. The summed E-state index contributed by atoms with van der Waals surface area (Å²) in [5, 5.41) is 9.06. The third-order valence-electron chi connectivity index (χ3n) is 3.28. The molecule has 1 aromatic heterocycles. The Bertz CT molecular complexity index is 667. The molecule has 0 radical (unpaired) electrons. The van der Waals surface area contributed by atoms with Crippen LogP contribution >= 0.6 is 0 Å². The van der Waals surface area contributed by atoms with Crippen LogP contribution < -0.4 is 4.90 Å². The van der Waals surface area contributed by atoms with E-state index in [0.29, 0.717) is 17.5 Å². The van der Waals surface area contributed by atoms with Crippen LogP contribution in [0.15, 0.2) is 28.7 Å². The van der Waals surface area contributed by atoms with Gasteiger partial charge in [-0.3, -0.25) is 0 Å². The van der Waals surface area contributed by atoms with Gasteiger partial charge >= 0.3 is 0 Å². The Morgan fingerprint density at radius 3 is 2.45 bits per heavy atom. The third-order valence-corrected chi connectivity index (χ3v) is 3.28. The van der Waals surface area contributed by atoms with Gasteiger partial charge < -0.3 is 14.1 Å². The molecule has 20 heavy (non-hydrogen) atoms. The van der Waals surface area contributed by atoms with Gasteiger partial charge in [-0.25, -0.2) is 0 Å². The molecular formula is C15H15N3O2. The molecule has 1 aliphatic heterocycles. The maximum Gasteiger partial charge on any atom is 0.234 e. The van der Waals surface area contributed by atoms with Gasteiger partial charge in [0.25, 0.3) is 0 Å². The number of nitrogens with zero attached hydrogens (tertiary/aromatic N) is 3. The minimum Gasteiger partial charge on any atom is -0.421 e. The van der Waals surface area contributed by atoms with E-state index in [4.69, 9.17) is 14.4 Å². The van der Waals surface area contributed by atoms with Crippen molar-refractivity contribution in [2.24, 2.45) is 0 Å². The normalized spacial score (nSPS) is 20.5. The van der Waals surface area contributed by atoms with E-state index >= 15 is 0 Å². The van der Waals surface area contributed by atoms with Gasteiger partial charge in [0.15, 0.2) is 6.10 Å². The molecule has 0 saturated carbocycles. The fourth-order valence-corrected chi connectivity index (χ4v) is 2.14. The maximum absolute atomic E-state index is 9.06. The lowest BCUT2D eigenvalue weighted by Crippen LogP contribution is -2.08. The van der Waals surface area contributed by atoms with E-state index in [1.54, 1.807) is 4.90 Å². The number of hydrogen-bond donors (Lipinski definition) is 0.